The maximum Gasteiger partial charge on any atom is 0.232 e. The van der Waals surface area contributed by atoms with E-state index in [0.717, 1.165) is 12.2 Å². The Morgan fingerprint density at radius 2 is 2.20 bits per heavy atom. The minimum absolute atomic E-state index is 0.588. The molecule has 0 radical (unpaired) electrons. The molecule has 0 unspecified atom stereocenters. The van der Waals surface area contributed by atoms with Gasteiger partial charge in [0.1, 0.15) is 6.61 Å². The summed E-state index contributed by atoms with van der Waals surface area (Å²) in [6, 6.07) is 0. The van der Waals surface area contributed by atoms with E-state index in [4.69, 9.17) is 4.74 Å². The first-order valence-corrected chi connectivity index (χ1v) is 4.95. The Balaban J connectivity index is 2.43. The predicted molar refractivity (Wildman–Crippen MR) is 58.8 cm³/mol. The summed E-state index contributed by atoms with van der Waals surface area (Å²) in [6.45, 7) is 2.21. The van der Waals surface area contributed by atoms with E-state index >= 15 is 0 Å². The number of hydrogen-bond acceptors (Lipinski definition) is 5. The first kappa shape index (κ1) is 11.9. The van der Waals surface area contributed by atoms with E-state index in [-0.39, 0.29) is 0 Å². The molecule has 0 aromatic carbocycles. The van der Waals surface area contributed by atoms with Crippen LogP contribution in [0.1, 0.15) is 5.69 Å². The van der Waals surface area contributed by atoms with Gasteiger partial charge in [0.05, 0.1) is 11.9 Å². The van der Waals surface area contributed by atoms with Gasteiger partial charge in [0.15, 0.2) is 0 Å². The summed E-state index contributed by atoms with van der Waals surface area (Å²) < 4.78 is 5.46. The van der Waals surface area contributed by atoms with Crippen molar-refractivity contribution >= 4 is 0 Å². The minimum atomic E-state index is 0.588. The Morgan fingerprint density at radius 1 is 1.40 bits per heavy atom. The van der Waals surface area contributed by atoms with Crippen LogP contribution >= 0.6 is 0 Å². The molecule has 1 rings (SSSR count). The Kier molecular flexibility index (Phi) is 5.00. The highest BCUT2D eigenvalue weighted by Crippen LogP contribution is 2.04. The third-order valence-corrected chi connectivity index (χ3v) is 1.81. The Hall–Kier alpha value is -1.20. The molecule has 1 aromatic rings. The highest BCUT2D eigenvalue weighted by molar-refractivity contribution is 5.08. The second-order valence-corrected chi connectivity index (χ2v) is 3.53. The summed E-state index contributed by atoms with van der Waals surface area (Å²) in [5, 5.41) is 3.02. The van der Waals surface area contributed by atoms with Crippen LogP contribution < -0.4 is 10.1 Å². The number of ether oxygens (including phenoxy) is 1. The summed E-state index contributed by atoms with van der Waals surface area (Å²) >= 11 is 0. The normalized spacial score (nSPS) is 10.7. The fourth-order valence-electron chi connectivity index (χ4n) is 1.05. The second kappa shape index (κ2) is 6.31. The number of nitrogens with zero attached hydrogens (tertiary/aromatic N) is 3. The number of nitrogens with one attached hydrogen (secondary N) is 1. The van der Waals surface area contributed by atoms with Crippen molar-refractivity contribution in [3.8, 4) is 5.88 Å². The van der Waals surface area contributed by atoms with Crippen molar-refractivity contribution in [3.05, 3.63) is 18.1 Å². The summed E-state index contributed by atoms with van der Waals surface area (Å²) in [7, 11) is 5.89. The van der Waals surface area contributed by atoms with Gasteiger partial charge in [0, 0.05) is 19.3 Å². The molecule has 0 aliphatic carbocycles. The number of rotatable bonds is 6. The van der Waals surface area contributed by atoms with Crippen molar-refractivity contribution < 1.29 is 4.74 Å². The van der Waals surface area contributed by atoms with Gasteiger partial charge in [-0.15, -0.1) is 0 Å². The summed E-state index contributed by atoms with van der Waals surface area (Å²) in [4.78, 5) is 10.4. The zero-order chi connectivity index (χ0) is 11.1. The molecule has 0 aliphatic rings. The third kappa shape index (κ3) is 4.71. The van der Waals surface area contributed by atoms with Crippen molar-refractivity contribution in [2.75, 3.05) is 34.3 Å². The lowest BCUT2D eigenvalue weighted by Gasteiger charge is -2.10. The molecule has 1 heterocycles. The van der Waals surface area contributed by atoms with Crippen molar-refractivity contribution in [2.45, 2.75) is 6.54 Å². The molecular formula is C10H18N4O. The molecule has 0 aliphatic heterocycles. The second-order valence-electron chi connectivity index (χ2n) is 3.53. The Morgan fingerprint density at radius 3 is 2.87 bits per heavy atom. The van der Waals surface area contributed by atoms with E-state index in [1.165, 1.54) is 0 Å². The van der Waals surface area contributed by atoms with Crippen molar-refractivity contribution in [1.82, 2.24) is 20.2 Å². The van der Waals surface area contributed by atoms with Gasteiger partial charge in [-0.3, -0.25) is 4.98 Å². The Bertz CT molecular complexity index is 291. The molecule has 0 atom stereocenters. The van der Waals surface area contributed by atoms with Gasteiger partial charge >= 0.3 is 0 Å². The van der Waals surface area contributed by atoms with Gasteiger partial charge in [0.2, 0.25) is 5.88 Å². The van der Waals surface area contributed by atoms with Crippen molar-refractivity contribution in [1.29, 1.82) is 0 Å². The SMILES string of the molecule is CNCc1cncc(OCCN(C)C)n1. The topological polar surface area (TPSA) is 50.3 Å². The largest absolute Gasteiger partial charge is 0.475 e. The third-order valence-electron chi connectivity index (χ3n) is 1.81. The maximum atomic E-state index is 5.46. The fraction of sp³-hybridized carbons (Fsp3) is 0.600. The number of aromatic nitrogens is 2. The molecule has 1 N–H and O–H groups in total. The van der Waals surface area contributed by atoms with Crippen LogP contribution in [0.5, 0.6) is 5.88 Å². The summed E-state index contributed by atoms with van der Waals surface area (Å²) in [5.41, 5.74) is 0.889. The molecule has 84 valence electrons. The van der Waals surface area contributed by atoms with E-state index in [2.05, 4.69) is 20.2 Å². The highest BCUT2D eigenvalue weighted by atomic mass is 16.5. The molecule has 0 bridgehead atoms. The zero-order valence-electron chi connectivity index (χ0n) is 9.53. The predicted octanol–water partition coefficient (Wildman–Crippen LogP) is 0.136. The summed E-state index contributed by atoms with van der Waals surface area (Å²) in [6.07, 6.45) is 3.37. The van der Waals surface area contributed by atoms with Crippen LogP contribution in [0.15, 0.2) is 12.4 Å². The molecule has 0 fully saturated rings. The molecule has 1 aromatic heterocycles. The van der Waals surface area contributed by atoms with E-state index in [9.17, 15) is 0 Å². The van der Waals surface area contributed by atoms with E-state index in [1.807, 2.05) is 21.1 Å². The van der Waals surface area contributed by atoms with Gasteiger partial charge < -0.3 is 15.0 Å². The van der Waals surface area contributed by atoms with Gasteiger partial charge in [-0.2, -0.15) is 0 Å². The average molecular weight is 210 g/mol. The molecule has 0 spiro atoms. The number of likely N-dealkylation sites (N-methyl/N-ethyl adjacent to an activating group) is 1. The molecule has 0 amide bonds. The van der Waals surface area contributed by atoms with Crippen LogP contribution in [-0.2, 0) is 6.54 Å². The van der Waals surface area contributed by atoms with E-state index in [0.29, 0.717) is 19.0 Å². The number of hydrogen-bond donors (Lipinski definition) is 1. The Labute approximate surface area is 90.5 Å². The zero-order valence-corrected chi connectivity index (χ0v) is 9.53. The summed E-state index contributed by atoms with van der Waals surface area (Å²) in [5.74, 6) is 0.588. The van der Waals surface area contributed by atoms with Crippen LogP contribution in [-0.4, -0.2) is 49.2 Å². The van der Waals surface area contributed by atoms with E-state index in [1.54, 1.807) is 12.4 Å². The van der Waals surface area contributed by atoms with Gasteiger partial charge in [-0.1, -0.05) is 0 Å². The molecule has 15 heavy (non-hydrogen) atoms. The minimum Gasteiger partial charge on any atom is -0.475 e. The fourth-order valence-corrected chi connectivity index (χ4v) is 1.05. The lowest BCUT2D eigenvalue weighted by Crippen LogP contribution is -2.20. The first-order chi connectivity index (χ1) is 7.22. The maximum absolute atomic E-state index is 5.46. The lowest BCUT2D eigenvalue weighted by atomic mass is 10.4. The standard InChI is InChI=1S/C10H18N4O/c1-11-6-9-7-12-8-10(13-9)15-5-4-14(2)3/h7-8,11H,4-6H2,1-3H3. The van der Waals surface area contributed by atoms with Crippen LogP contribution in [0.2, 0.25) is 0 Å². The van der Waals surface area contributed by atoms with Crippen molar-refractivity contribution in [3.63, 3.8) is 0 Å². The highest BCUT2D eigenvalue weighted by Gasteiger charge is 1.99. The van der Waals surface area contributed by atoms with Crippen LogP contribution in [0.3, 0.4) is 0 Å². The first-order valence-electron chi connectivity index (χ1n) is 4.95. The molecule has 0 saturated heterocycles. The molecule has 5 nitrogen and oxygen atoms in total. The quantitative estimate of drug-likeness (QED) is 0.723. The molecular weight excluding hydrogens is 192 g/mol. The van der Waals surface area contributed by atoms with Crippen LogP contribution in [0.4, 0.5) is 0 Å². The van der Waals surface area contributed by atoms with E-state index < -0.39 is 0 Å². The van der Waals surface area contributed by atoms with Gasteiger partial charge in [-0.25, -0.2) is 4.98 Å². The monoisotopic (exact) mass is 210 g/mol. The van der Waals surface area contributed by atoms with Gasteiger partial charge in [0.25, 0.3) is 0 Å². The van der Waals surface area contributed by atoms with Crippen molar-refractivity contribution in [2.24, 2.45) is 0 Å². The lowest BCUT2D eigenvalue weighted by molar-refractivity contribution is 0.252. The smallest absolute Gasteiger partial charge is 0.232 e. The van der Waals surface area contributed by atoms with Crippen LogP contribution in [0, 0.1) is 0 Å². The van der Waals surface area contributed by atoms with Crippen LogP contribution in [0.25, 0.3) is 0 Å². The van der Waals surface area contributed by atoms with Gasteiger partial charge in [-0.05, 0) is 21.1 Å². The molecule has 5 heteroatoms. The molecule has 0 saturated carbocycles. The average Bonchev–Trinajstić information content (AvgIpc) is 2.18.